The molecule has 3 nitrogen and oxygen atoms in total. The highest BCUT2D eigenvalue weighted by atomic mass is 15.2. The van der Waals surface area contributed by atoms with E-state index in [0.717, 1.165) is 24.6 Å². The van der Waals surface area contributed by atoms with E-state index in [1.165, 1.54) is 11.1 Å². The summed E-state index contributed by atoms with van der Waals surface area (Å²) in [6.45, 7) is 1.91. The number of aromatic nitrogens is 1. The van der Waals surface area contributed by atoms with Crippen LogP contribution >= 0.6 is 0 Å². The number of hydrogen-bond donors (Lipinski definition) is 1. The molecule has 0 spiro atoms. The van der Waals surface area contributed by atoms with Crippen LogP contribution in [0.25, 0.3) is 0 Å². The van der Waals surface area contributed by atoms with Gasteiger partial charge in [0, 0.05) is 38.1 Å². The van der Waals surface area contributed by atoms with E-state index in [-0.39, 0.29) is 0 Å². The van der Waals surface area contributed by atoms with E-state index < -0.39 is 0 Å². The molecule has 17 heavy (non-hydrogen) atoms. The predicted molar refractivity (Wildman–Crippen MR) is 70.1 cm³/mol. The van der Waals surface area contributed by atoms with Crippen LogP contribution in [0.3, 0.4) is 0 Å². The normalized spacial score (nSPS) is 13.6. The Morgan fingerprint density at radius 3 is 2.47 bits per heavy atom. The fraction of sp³-hybridized carbons (Fsp3) is 0.214. The van der Waals surface area contributed by atoms with Gasteiger partial charge in [-0.1, -0.05) is 24.3 Å². The van der Waals surface area contributed by atoms with Gasteiger partial charge in [-0.15, -0.1) is 0 Å². The number of rotatable bonds is 2. The third-order valence-corrected chi connectivity index (χ3v) is 3.20. The fourth-order valence-corrected chi connectivity index (χ4v) is 2.24. The second-order valence-corrected chi connectivity index (χ2v) is 4.28. The lowest BCUT2D eigenvalue weighted by Gasteiger charge is -2.17. The molecule has 0 aliphatic carbocycles. The molecule has 0 bridgehead atoms. The lowest BCUT2D eigenvalue weighted by Crippen LogP contribution is -2.15. The van der Waals surface area contributed by atoms with Crippen LogP contribution in [0.2, 0.25) is 0 Å². The van der Waals surface area contributed by atoms with Gasteiger partial charge in [-0.2, -0.15) is 0 Å². The first-order valence-corrected chi connectivity index (χ1v) is 5.82. The Balaban J connectivity index is 1.88. The van der Waals surface area contributed by atoms with Crippen molar-refractivity contribution in [3.8, 4) is 0 Å². The molecule has 1 aliphatic heterocycles. The summed E-state index contributed by atoms with van der Waals surface area (Å²) in [5, 5.41) is 3.15. The summed E-state index contributed by atoms with van der Waals surface area (Å²) in [6.07, 6.45) is 1.85. The maximum atomic E-state index is 4.44. The van der Waals surface area contributed by atoms with Crippen LogP contribution in [0.1, 0.15) is 11.1 Å². The predicted octanol–water partition coefficient (Wildman–Crippen LogP) is 2.64. The van der Waals surface area contributed by atoms with Crippen molar-refractivity contribution < 1.29 is 0 Å². The Morgan fingerprint density at radius 1 is 1.12 bits per heavy atom. The van der Waals surface area contributed by atoms with Gasteiger partial charge in [-0.05, 0) is 17.2 Å². The van der Waals surface area contributed by atoms with E-state index in [2.05, 4.69) is 45.5 Å². The number of benzene rings is 1. The van der Waals surface area contributed by atoms with Gasteiger partial charge in [-0.3, -0.25) is 0 Å². The molecule has 2 heterocycles. The molecule has 0 saturated carbocycles. The van der Waals surface area contributed by atoms with Crippen molar-refractivity contribution in [1.82, 2.24) is 4.98 Å². The molecule has 0 saturated heterocycles. The molecular formula is C14H15N3. The smallest absolute Gasteiger partial charge is 0.131 e. The van der Waals surface area contributed by atoms with Crippen molar-refractivity contribution in [2.24, 2.45) is 0 Å². The summed E-state index contributed by atoms with van der Waals surface area (Å²) in [7, 11) is 1.93. The maximum Gasteiger partial charge on any atom is 0.131 e. The molecule has 0 radical (unpaired) electrons. The standard InChI is InChI=1S/C14H15N3/c1-15-13-6-7-16-14(8-13)17-9-11-4-2-3-5-12(11)10-17/h2-8H,9-10H2,1H3,(H,15,16). The van der Waals surface area contributed by atoms with Crippen molar-refractivity contribution in [2.75, 3.05) is 17.3 Å². The number of nitrogens with one attached hydrogen (secondary N) is 1. The summed E-state index contributed by atoms with van der Waals surface area (Å²) < 4.78 is 0. The Labute approximate surface area is 101 Å². The van der Waals surface area contributed by atoms with Crippen LogP contribution < -0.4 is 10.2 Å². The largest absolute Gasteiger partial charge is 0.388 e. The molecular weight excluding hydrogens is 210 g/mol. The molecule has 3 heteroatoms. The highest BCUT2D eigenvalue weighted by Gasteiger charge is 2.19. The Morgan fingerprint density at radius 2 is 1.82 bits per heavy atom. The summed E-state index contributed by atoms with van der Waals surface area (Å²) >= 11 is 0. The zero-order chi connectivity index (χ0) is 11.7. The molecule has 0 unspecified atom stereocenters. The van der Waals surface area contributed by atoms with Crippen molar-refractivity contribution in [3.05, 3.63) is 53.7 Å². The van der Waals surface area contributed by atoms with Crippen molar-refractivity contribution >= 4 is 11.5 Å². The summed E-state index contributed by atoms with van der Waals surface area (Å²) in [6, 6.07) is 12.6. The van der Waals surface area contributed by atoms with E-state index >= 15 is 0 Å². The zero-order valence-corrected chi connectivity index (χ0v) is 9.85. The topological polar surface area (TPSA) is 28.2 Å². The van der Waals surface area contributed by atoms with E-state index in [4.69, 9.17) is 0 Å². The van der Waals surface area contributed by atoms with Gasteiger partial charge in [0.05, 0.1) is 0 Å². The lowest BCUT2D eigenvalue weighted by molar-refractivity contribution is 0.857. The Kier molecular flexibility index (Phi) is 2.44. The summed E-state index contributed by atoms with van der Waals surface area (Å²) in [5.74, 6) is 1.04. The third kappa shape index (κ3) is 1.84. The van der Waals surface area contributed by atoms with Crippen LogP contribution in [0.5, 0.6) is 0 Å². The minimum absolute atomic E-state index is 0.955. The molecule has 1 aliphatic rings. The molecule has 0 atom stereocenters. The molecule has 86 valence electrons. The van der Waals surface area contributed by atoms with E-state index in [9.17, 15) is 0 Å². The highest BCUT2D eigenvalue weighted by Crippen LogP contribution is 2.27. The van der Waals surface area contributed by atoms with E-state index in [1.54, 1.807) is 0 Å². The Hall–Kier alpha value is -2.03. The second-order valence-electron chi connectivity index (χ2n) is 4.28. The summed E-state index contributed by atoms with van der Waals surface area (Å²) in [5.41, 5.74) is 3.92. The average Bonchev–Trinajstić information content (AvgIpc) is 2.82. The van der Waals surface area contributed by atoms with Gasteiger partial charge in [0.1, 0.15) is 5.82 Å². The molecule has 1 aromatic carbocycles. The van der Waals surface area contributed by atoms with Gasteiger partial charge in [0.25, 0.3) is 0 Å². The highest BCUT2D eigenvalue weighted by molar-refractivity contribution is 5.55. The van der Waals surface area contributed by atoms with Gasteiger partial charge in [-0.25, -0.2) is 4.98 Å². The van der Waals surface area contributed by atoms with Crippen LogP contribution in [0, 0.1) is 0 Å². The van der Waals surface area contributed by atoms with Gasteiger partial charge in [0.2, 0.25) is 0 Å². The number of hydrogen-bond acceptors (Lipinski definition) is 3. The monoisotopic (exact) mass is 225 g/mol. The molecule has 1 aromatic heterocycles. The molecule has 2 aromatic rings. The number of fused-ring (bicyclic) bond motifs is 1. The zero-order valence-electron chi connectivity index (χ0n) is 9.85. The molecule has 3 rings (SSSR count). The number of anilines is 2. The SMILES string of the molecule is CNc1ccnc(N2Cc3ccccc3C2)c1. The van der Waals surface area contributed by atoms with Crippen LogP contribution in [0.4, 0.5) is 11.5 Å². The molecule has 0 fully saturated rings. The average molecular weight is 225 g/mol. The lowest BCUT2D eigenvalue weighted by atomic mass is 10.1. The molecule has 1 N–H and O–H groups in total. The van der Waals surface area contributed by atoms with E-state index in [0.29, 0.717) is 0 Å². The minimum Gasteiger partial charge on any atom is -0.388 e. The quantitative estimate of drug-likeness (QED) is 0.851. The van der Waals surface area contributed by atoms with Gasteiger partial charge in [0.15, 0.2) is 0 Å². The fourth-order valence-electron chi connectivity index (χ4n) is 2.24. The van der Waals surface area contributed by atoms with Crippen molar-refractivity contribution in [1.29, 1.82) is 0 Å². The first kappa shape index (κ1) is 10.1. The van der Waals surface area contributed by atoms with Gasteiger partial charge >= 0.3 is 0 Å². The molecule has 0 amide bonds. The first-order valence-electron chi connectivity index (χ1n) is 5.82. The minimum atomic E-state index is 0.955. The number of pyridine rings is 1. The van der Waals surface area contributed by atoms with Crippen LogP contribution in [0.15, 0.2) is 42.6 Å². The Bertz CT molecular complexity index is 511. The van der Waals surface area contributed by atoms with Crippen molar-refractivity contribution in [3.63, 3.8) is 0 Å². The van der Waals surface area contributed by atoms with E-state index in [1.807, 2.05) is 19.3 Å². The van der Waals surface area contributed by atoms with Crippen LogP contribution in [-0.4, -0.2) is 12.0 Å². The maximum absolute atomic E-state index is 4.44. The summed E-state index contributed by atoms with van der Waals surface area (Å²) in [4.78, 5) is 6.74. The third-order valence-electron chi connectivity index (χ3n) is 3.20. The van der Waals surface area contributed by atoms with Crippen molar-refractivity contribution in [2.45, 2.75) is 13.1 Å². The number of nitrogens with zero attached hydrogens (tertiary/aromatic N) is 2. The second kappa shape index (κ2) is 4.09. The first-order chi connectivity index (χ1) is 8.36. The van der Waals surface area contributed by atoms with Gasteiger partial charge < -0.3 is 10.2 Å². The van der Waals surface area contributed by atoms with Crippen LogP contribution in [-0.2, 0) is 13.1 Å².